The maximum Gasteiger partial charge on any atom is 0.248 e. The first kappa shape index (κ1) is 24.9. The molecule has 36 heavy (non-hydrogen) atoms. The van der Waals surface area contributed by atoms with E-state index in [1.807, 2.05) is 48.6 Å². The van der Waals surface area contributed by atoms with Gasteiger partial charge in [-0.1, -0.05) is 42.8 Å². The molecule has 1 amide bonds. The highest BCUT2D eigenvalue weighted by Gasteiger charge is 2.21. The van der Waals surface area contributed by atoms with Crippen LogP contribution in [0.25, 0.3) is 28.0 Å². The van der Waals surface area contributed by atoms with Crippen LogP contribution in [0.5, 0.6) is 0 Å². The number of nitrogens with zero attached hydrogens (tertiary/aromatic N) is 3. The first-order chi connectivity index (χ1) is 17.3. The molecule has 2 aromatic carbocycles. The van der Waals surface area contributed by atoms with Crippen molar-refractivity contribution >= 4 is 17.4 Å². The molecule has 8 nitrogen and oxygen atoms in total. The Balaban J connectivity index is 0.000000286. The monoisotopic (exact) mass is 487 g/mol. The Bertz CT molecular complexity index is 1440. The second-order valence-corrected chi connectivity index (χ2v) is 8.88. The average Bonchev–Trinajstić information content (AvgIpc) is 3.14. The van der Waals surface area contributed by atoms with E-state index in [0.29, 0.717) is 28.5 Å². The number of aryl methyl sites for hydroxylation is 2. The third-order valence-electron chi connectivity index (χ3n) is 6.46. The number of amidine groups is 1. The molecule has 0 spiro atoms. The number of pyridine rings is 1. The number of hydrazone groups is 1. The number of aromatic nitrogens is 2. The minimum absolute atomic E-state index is 0.264. The maximum absolute atomic E-state index is 14.6. The number of carbonyl (C=O) groups excluding carboxylic acids is 1. The van der Waals surface area contributed by atoms with Crippen molar-refractivity contribution < 1.29 is 9.18 Å². The van der Waals surface area contributed by atoms with Crippen molar-refractivity contribution in [3.05, 3.63) is 83.4 Å². The quantitative estimate of drug-likeness (QED) is 0.146. The number of primary amides is 1. The number of halogens is 1. The number of imidazole rings is 1. The van der Waals surface area contributed by atoms with E-state index in [2.05, 4.69) is 10.6 Å². The van der Waals surface area contributed by atoms with Gasteiger partial charge in [0.05, 0.1) is 5.69 Å². The van der Waals surface area contributed by atoms with E-state index in [9.17, 15) is 9.18 Å². The molecule has 1 saturated carbocycles. The van der Waals surface area contributed by atoms with Gasteiger partial charge in [-0.05, 0) is 56.0 Å². The summed E-state index contributed by atoms with van der Waals surface area (Å²) in [4.78, 5) is 16.1. The van der Waals surface area contributed by atoms with Crippen molar-refractivity contribution in [1.29, 1.82) is 0 Å². The van der Waals surface area contributed by atoms with Crippen LogP contribution in [0, 0.1) is 25.6 Å². The number of fused-ring (bicyclic) bond motifs is 1. The predicted octanol–water partition coefficient (Wildman–Crippen LogP) is 4.05. The minimum atomic E-state index is -0.498. The average molecular weight is 488 g/mol. The molecule has 0 saturated heterocycles. The summed E-state index contributed by atoms with van der Waals surface area (Å²) >= 11 is 0. The first-order valence-corrected chi connectivity index (χ1v) is 11.7. The molecule has 2 heterocycles. The number of benzene rings is 2. The van der Waals surface area contributed by atoms with Gasteiger partial charge in [-0.2, -0.15) is 5.10 Å². The topological polar surface area (TPSA) is 137 Å². The van der Waals surface area contributed by atoms with Crippen LogP contribution in [-0.4, -0.2) is 21.1 Å². The smallest absolute Gasteiger partial charge is 0.248 e. The standard InChI is InChI=1S/C22H18FN3O.C5H12N4/c1-13-7-8-17(19(23)11-13)16-5-3-4-6-18(16)21-14(2)26-10-9-15(22(24)27)12-20(26)25-21;6-5(8-9-7)4-2-1-3-4/h3-12H,1-2H3,(H2,24,27);4,9H,1-3,7H2,(H2,6,8). The summed E-state index contributed by atoms with van der Waals surface area (Å²) < 4.78 is 16.5. The lowest BCUT2D eigenvalue weighted by Crippen LogP contribution is -2.32. The molecule has 0 aliphatic heterocycles. The zero-order valence-corrected chi connectivity index (χ0v) is 20.3. The van der Waals surface area contributed by atoms with Gasteiger partial charge >= 0.3 is 0 Å². The second-order valence-electron chi connectivity index (χ2n) is 8.88. The van der Waals surface area contributed by atoms with Gasteiger partial charge in [-0.3, -0.25) is 4.79 Å². The number of hydrogen-bond acceptors (Lipinski definition) is 5. The van der Waals surface area contributed by atoms with E-state index < -0.39 is 5.91 Å². The fourth-order valence-corrected chi connectivity index (χ4v) is 4.21. The number of hydrogen-bond donors (Lipinski definition) is 4. The Kier molecular flexibility index (Phi) is 7.30. The van der Waals surface area contributed by atoms with Gasteiger partial charge in [0.15, 0.2) is 0 Å². The first-order valence-electron chi connectivity index (χ1n) is 11.7. The van der Waals surface area contributed by atoms with E-state index >= 15 is 0 Å². The van der Waals surface area contributed by atoms with Crippen molar-refractivity contribution in [3.63, 3.8) is 0 Å². The van der Waals surface area contributed by atoms with Crippen LogP contribution in [0.1, 0.15) is 40.9 Å². The van der Waals surface area contributed by atoms with E-state index in [1.165, 1.54) is 12.5 Å². The number of amides is 1. The molecule has 0 bridgehead atoms. The van der Waals surface area contributed by atoms with E-state index in [1.54, 1.807) is 24.4 Å². The summed E-state index contributed by atoms with van der Waals surface area (Å²) in [6.07, 6.45) is 5.37. The van der Waals surface area contributed by atoms with E-state index in [0.717, 1.165) is 40.9 Å². The van der Waals surface area contributed by atoms with Crippen LogP contribution < -0.4 is 22.8 Å². The molecule has 9 heteroatoms. The number of carbonyl (C=O) groups is 1. The molecular weight excluding hydrogens is 457 g/mol. The molecule has 2 aromatic heterocycles. The molecule has 0 radical (unpaired) electrons. The van der Waals surface area contributed by atoms with E-state index in [4.69, 9.17) is 22.3 Å². The van der Waals surface area contributed by atoms with Crippen LogP contribution in [0.3, 0.4) is 0 Å². The predicted molar refractivity (Wildman–Crippen MR) is 140 cm³/mol. The lowest BCUT2D eigenvalue weighted by atomic mass is 9.85. The van der Waals surface area contributed by atoms with Gasteiger partial charge in [0.25, 0.3) is 0 Å². The highest BCUT2D eigenvalue weighted by Crippen LogP contribution is 2.35. The lowest BCUT2D eigenvalue weighted by Gasteiger charge is -2.23. The third-order valence-corrected chi connectivity index (χ3v) is 6.46. The van der Waals surface area contributed by atoms with Crippen LogP contribution in [-0.2, 0) is 0 Å². The summed E-state index contributed by atoms with van der Waals surface area (Å²) in [6.45, 7) is 3.81. The van der Waals surface area contributed by atoms with Gasteiger partial charge in [0, 0.05) is 34.5 Å². The van der Waals surface area contributed by atoms with Crippen LogP contribution in [0.15, 0.2) is 65.9 Å². The number of nitrogens with one attached hydrogen (secondary N) is 1. The molecule has 0 unspecified atom stereocenters. The molecule has 0 atom stereocenters. The molecule has 4 aromatic rings. The molecule has 1 fully saturated rings. The van der Waals surface area contributed by atoms with Gasteiger partial charge in [0.1, 0.15) is 17.3 Å². The molecule has 186 valence electrons. The summed E-state index contributed by atoms with van der Waals surface area (Å²) in [5, 5.41) is 3.67. The summed E-state index contributed by atoms with van der Waals surface area (Å²) in [6, 6.07) is 16.1. The van der Waals surface area contributed by atoms with Gasteiger partial charge < -0.3 is 15.9 Å². The third kappa shape index (κ3) is 5.06. The lowest BCUT2D eigenvalue weighted by molar-refractivity contribution is 0.1000. The number of hydrazine groups is 1. The van der Waals surface area contributed by atoms with Crippen molar-refractivity contribution in [3.8, 4) is 22.4 Å². The fourth-order valence-electron chi connectivity index (χ4n) is 4.21. The number of nitrogens with two attached hydrogens (primary N) is 3. The largest absolute Gasteiger partial charge is 0.385 e. The van der Waals surface area contributed by atoms with Crippen molar-refractivity contribution in [2.75, 3.05) is 0 Å². The van der Waals surface area contributed by atoms with Crippen LogP contribution >= 0.6 is 0 Å². The molecule has 7 N–H and O–H groups in total. The highest BCUT2D eigenvalue weighted by atomic mass is 19.1. The van der Waals surface area contributed by atoms with Crippen molar-refractivity contribution in [2.24, 2.45) is 28.3 Å². The Morgan fingerprint density at radius 3 is 2.39 bits per heavy atom. The summed E-state index contributed by atoms with van der Waals surface area (Å²) in [5.41, 5.74) is 18.7. The molecule has 1 aliphatic rings. The van der Waals surface area contributed by atoms with Crippen molar-refractivity contribution in [1.82, 2.24) is 14.9 Å². The van der Waals surface area contributed by atoms with E-state index in [-0.39, 0.29) is 5.82 Å². The SMILES string of the molecule is Cc1ccc(-c2ccccc2-c2nc3cc(C(N)=O)ccn3c2C)c(F)c1.NN/N=C(\N)C1CCC1. The van der Waals surface area contributed by atoms with Gasteiger partial charge in [-0.25, -0.2) is 20.8 Å². The zero-order chi connectivity index (χ0) is 25.8. The molecule has 5 rings (SSSR count). The summed E-state index contributed by atoms with van der Waals surface area (Å²) in [5.74, 6) is 5.30. The minimum Gasteiger partial charge on any atom is -0.385 e. The Hall–Kier alpha value is -4.24. The highest BCUT2D eigenvalue weighted by molar-refractivity contribution is 5.94. The second kappa shape index (κ2) is 10.6. The van der Waals surface area contributed by atoms with Gasteiger partial charge in [0.2, 0.25) is 5.91 Å². The molecular formula is C27H30FN7O. The summed E-state index contributed by atoms with van der Waals surface area (Å²) in [7, 11) is 0. The molecule has 1 aliphatic carbocycles. The van der Waals surface area contributed by atoms with Crippen LogP contribution in [0.4, 0.5) is 4.39 Å². The Labute approximate surface area is 209 Å². The van der Waals surface area contributed by atoms with Crippen LogP contribution in [0.2, 0.25) is 0 Å². The zero-order valence-electron chi connectivity index (χ0n) is 20.3. The Morgan fingerprint density at radius 1 is 1.06 bits per heavy atom. The number of rotatable bonds is 5. The maximum atomic E-state index is 14.6. The van der Waals surface area contributed by atoms with Gasteiger partial charge in [-0.15, -0.1) is 0 Å². The fraction of sp³-hybridized carbons (Fsp3) is 0.222. The normalized spacial score (nSPS) is 13.6. The Morgan fingerprint density at radius 2 is 1.78 bits per heavy atom. The van der Waals surface area contributed by atoms with Crippen molar-refractivity contribution in [2.45, 2.75) is 33.1 Å².